The summed E-state index contributed by atoms with van der Waals surface area (Å²) in [6.07, 6.45) is -0.330. The summed E-state index contributed by atoms with van der Waals surface area (Å²) in [6, 6.07) is 6.11. The number of hydrogen-bond acceptors (Lipinski definition) is 6. The van der Waals surface area contributed by atoms with E-state index in [2.05, 4.69) is 4.98 Å². The molecule has 8 nitrogen and oxygen atoms in total. The summed E-state index contributed by atoms with van der Waals surface area (Å²) >= 11 is 5.90. The third-order valence-corrected chi connectivity index (χ3v) is 5.15. The average molecular weight is 416 g/mol. The number of carbonyl (C=O) groups excluding carboxylic acids is 1. The predicted molar refractivity (Wildman–Crippen MR) is 100 cm³/mol. The number of aromatic nitrogens is 2. The van der Waals surface area contributed by atoms with E-state index in [4.69, 9.17) is 26.3 Å². The van der Waals surface area contributed by atoms with Gasteiger partial charge in [-0.2, -0.15) is 8.42 Å². The van der Waals surface area contributed by atoms with Crippen LogP contribution in [0.3, 0.4) is 0 Å². The molecule has 27 heavy (non-hydrogen) atoms. The Morgan fingerprint density at radius 2 is 2.07 bits per heavy atom. The molecule has 1 heterocycles. The van der Waals surface area contributed by atoms with E-state index in [0.717, 1.165) is 0 Å². The van der Waals surface area contributed by atoms with Gasteiger partial charge in [-0.3, -0.25) is 0 Å². The highest BCUT2D eigenvalue weighted by Crippen LogP contribution is 2.29. The van der Waals surface area contributed by atoms with E-state index >= 15 is 0 Å². The number of benzene rings is 1. The Labute approximate surface area is 163 Å². The van der Waals surface area contributed by atoms with Crippen molar-refractivity contribution in [1.29, 1.82) is 0 Å². The molecule has 0 aliphatic rings. The summed E-state index contributed by atoms with van der Waals surface area (Å²) in [7, 11) is -4.21. The van der Waals surface area contributed by atoms with Gasteiger partial charge in [0.05, 0.1) is 5.69 Å². The maximum absolute atomic E-state index is 13.0. The number of ether oxygens (including phenoxy) is 1. The lowest BCUT2D eigenvalue weighted by Gasteiger charge is -2.14. The molecule has 1 aromatic carbocycles. The highest BCUT2D eigenvalue weighted by Gasteiger charge is 2.31. The van der Waals surface area contributed by atoms with Crippen LogP contribution >= 0.6 is 11.6 Å². The Balaban J connectivity index is 2.55. The maximum Gasteiger partial charge on any atom is 0.404 e. The van der Waals surface area contributed by atoms with E-state index in [1.54, 1.807) is 12.1 Å². The minimum absolute atomic E-state index is 0.0672. The fourth-order valence-electron chi connectivity index (χ4n) is 2.53. The van der Waals surface area contributed by atoms with Crippen LogP contribution in [0.5, 0.6) is 5.75 Å². The van der Waals surface area contributed by atoms with Gasteiger partial charge in [0, 0.05) is 17.6 Å². The van der Waals surface area contributed by atoms with E-state index in [1.165, 1.54) is 16.7 Å². The first kappa shape index (κ1) is 21.0. The fourth-order valence-corrected chi connectivity index (χ4v) is 4.15. The third kappa shape index (κ3) is 5.14. The summed E-state index contributed by atoms with van der Waals surface area (Å²) in [5, 5.41) is 0.284. The first-order valence-electron chi connectivity index (χ1n) is 8.37. The largest absolute Gasteiger partial charge is 0.442 e. The number of nitrogens with two attached hydrogens (primary N) is 1. The summed E-state index contributed by atoms with van der Waals surface area (Å²) in [6.45, 7) is 5.64. The highest BCUT2D eigenvalue weighted by atomic mass is 35.5. The van der Waals surface area contributed by atoms with E-state index in [9.17, 15) is 13.2 Å². The van der Waals surface area contributed by atoms with Crippen molar-refractivity contribution >= 4 is 27.8 Å². The third-order valence-electron chi connectivity index (χ3n) is 3.60. The molecule has 0 bridgehead atoms. The van der Waals surface area contributed by atoms with E-state index < -0.39 is 16.2 Å². The maximum atomic E-state index is 13.0. The standard InChI is InChI=1S/C17H22ClN3O5S/c1-4-8-21-14(10-25-17(19)22)20-15(11(2)3)16(21)27(23,24)26-13-7-5-6-12(18)9-13/h5-7,9,11H,4,8,10H2,1-3H3,(H2,19,22). The van der Waals surface area contributed by atoms with Crippen molar-refractivity contribution < 1.29 is 22.1 Å². The van der Waals surface area contributed by atoms with Gasteiger partial charge in [-0.15, -0.1) is 0 Å². The van der Waals surface area contributed by atoms with Crippen LogP contribution in [-0.2, 0) is 28.0 Å². The van der Waals surface area contributed by atoms with Crippen molar-refractivity contribution in [1.82, 2.24) is 9.55 Å². The van der Waals surface area contributed by atoms with Crippen molar-refractivity contribution in [3.63, 3.8) is 0 Å². The Kier molecular flexibility index (Phi) is 6.72. The highest BCUT2D eigenvalue weighted by molar-refractivity contribution is 7.87. The minimum Gasteiger partial charge on any atom is -0.442 e. The van der Waals surface area contributed by atoms with Crippen LogP contribution in [0.1, 0.15) is 44.6 Å². The molecule has 148 valence electrons. The van der Waals surface area contributed by atoms with Crippen LogP contribution in [0.4, 0.5) is 4.79 Å². The van der Waals surface area contributed by atoms with Crippen LogP contribution in [0, 0.1) is 0 Å². The quantitative estimate of drug-likeness (QED) is 0.660. The van der Waals surface area contributed by atoms with Crippen LogP contribution < -0.4 is 9.92 Å². The van der Waals surface area contributed by atoms with Gasteiger partial charge in [0.1, 0.15) is 11.6 Å². The zero-order chi connectivity index (χ0) is 20.2. The van der Waals surface area contributed by atoms with Crippen LogP contribution in [-0.4, -0.2) is 24.1 Å². The van der Waals surface area contributed by atoms with Crippen LogP contribution in [0.2, 0.25) is 5.02 Å². The molecule has 0 aliphatic carbocycles. The van der Waals surface area contributed by atoms with E-state index in [1.807, 2.05) is 20.8 Å². The van der Waals surface area contributed by atoms with Crippen LogP contribution in [0.25, 0.3) is 0 Å². The lowest BCUT2D eigenvalue weighted by atomic mass is 10.1. The molecular formula is C17H22ClN3O5S. The lowest BCUT2D eigenvalue weighted by Crippen LogP contribution is -2.19. The number of carbonyl (C=O) groups is 1. The second-order valence-electron chi connectivity index (χ2n) is 6.13. The molecule has 2 aromatic rings. The van der Waals surface area contributed by atoms with Crippen molar-refractivity contribution in [3.05, 3.63) is 40.8 Å². The number of hydrogen-bond donors (Lipinski definition) is 1. The molecule has 0 aliphatic heterocycles. The van der Waals surface area contributed by atoms with Crippen molar-refractivity contribution in [3.8, 4) is 5.75 Å². The molecule has 0 radical (unpaired) electrons. The van der Waals surface area contributed by atoms with Gasteiger partial charge in [-0.25, -0.2) is 9.78 Å². The van der Waals surface area contributed by atoms with Gasteiger partial charge in [-0.05, 0) is 24.5 Å². The number of primary amides is 1. The fraction of sp³-hybridized carbons (Fsp3) is 0.412. The van der Waals surface area contributed by atoms with Gasteiger partial charge in [0.25, 0.3) is 0 Å². The monoisotopic (exact) mass is 415 g/mol. The van der Waals surface area contributed by atoms with Gasteiger partial charge in [0.2, 0.25) is 0 Å². The van der Waals surface area contributed by atoms with Gasteiger partial charge in [-0.1, -0.05) is 38.4 Å². The normalized spacial score (nSPS) is 11.6. The molecule has 0 saturated carbocycles. The van der Waals surface area contributed by atoms with Crippen molar-refractivity contribution in [2.75, 3.05) is 0 Å². The Bertz CT molecular complexity index is 925. The number of nitrogens with zero attached hydrogens (tertiary/aromatic N) is 2. The van der Waals surface area contributed by atoms with Gasteiger partial charge < -0.3 is 19.2 Å². The molecular weight excluding hydrogens is 394 g/mol. The molecule has 0 unspecified atom stereocenters. The number of imidazole rings is 1. The molecule has 0 spiro atoms. The molecule has 2 rings (SSSR count). The molecule has 0 saturated heterocycles. The van der Waals surface area contributed by atoms with Crippen LogP contribution in [0.15, 0.2) is 29.3 Å². The van der Waals surface area contributed by atoms with Gasteiger partial charge >= 0.3 is 16.2 Å². The van der Waals surface area contributed by atoms with Gasteiger partial charge in [0.15, 0.2) is 11.6 Å². The second kappa shape index (κ2) is 8.62. The zero-order valence-corrected chi connectivity index (χ0v) is 16.9. The zero-order valence-electron chi connectivity index (χ0n) is 15.3. The Hall–Kier alpha value is -2.26. The van der Waals surface area contributed by atoms with E-state index in [-0.39, 0.29) is 29.1 Å². The van der Waals surface area contributed by atoms with E-state index in [0.29, 0.717) is 23.7 Å². The smallest absolute Gasteiger partial charge is 0.404 e. The summed E-state index contributed by atoms with van der Waals surface area (Å²) in [4.78, 5) is 15.3. The summed E-state index contributed by atoms with van der Waals surface area (Å²) in [5.41, 5.74) is 5.34. The Morgan fingerprint density at radius 3 is 2.63 bits per heavy atom. The molecule has 1 aromatic heterocycles. The number of halogens is 1. The molecule has 10 heteroatoms. The number of amides is 1. The first-order chi connectivity index (χ1) is 12.7. The van der Waals surface area contributed by atoms with Crippen molar-refractivity contribution in [2.45, 2.75) is 51.3 Å². The second-order valence-corrected chi connectivity index (χ2v) is 8.03. The topological polar surface area (TPSA) is 114 Å². The molecule has 0 atom stereocenters. The average Bonchev–Trinajstić information content (AvgIpc) is 2.92. The summed E-state index contributed by atoms with van der Waals surface area (Å²) < 4.78 is 37.6. The molecule has 1 amide bonds. The summed E-state index contributed by atoms with van der Waals surface area (Å²) in [5.74, 6) is 0.173. The number of rotatable bonds is 8. The molecule has 2 N–H and O–H groups in total. The first-order valence-corrected chi connectivity index (χ1v) is 10.2. The lowest BCUT2D eigenvalue weighted by molar-refractivity contribution is 0.145. The van der Waals surface area contributed by atoms with Crippen molar-refractivity contribution in [2.24, 2.45) is 5.73 Å². The molecule has 0 fully saturated rings. The SMILES string of the molecule is CCCn1c(COC(N)=O)nc(C(C)C)c1S(=O)(=O)Oc1cccc(Cl)c1. The Morgan fingerprint density at radius 1 is 1.37 bits per heavy atom. The minimum atomic E-state index is -4.21. The predicted octanol–water partition coefficient (Wildman–Crippen LogP) is 3.43.